The maximum absolute atomic E-state index is 14.3. The minimum absolute atomic E-state index is 0.0284. The first-order chi connectivity index (χ1) is 18.1. The summed E-state index contributed by atoms with van der Waals surface area (Å²) in [7, 11) is 0. The Labute approximate surface area is 237 Å². The van der Waals surface area contributed by atoms with E-state index in [9.17, 15) is 34.5 Å². The number of ketones is 3. The summed E-state index contributed by atoms with van der Waals surface area (Å²) >= 11 is 0. The van der Waals surface area contributed by atoms with Crippen molar-refractivity contribution in [2.45, 2.75) is 111 Å². The molecule has 0 radical (unpaired) electrons. The Morgan fingerprint density at radius 3 is 2.23 bits per heavy atom. The zero-order valence-corrected chi connectivity index (χ0v) is 25.3. The van der Waals surface area contributed by atoms with Crippen molar-refractivity contribution < 1.29 is 39.2 Å². The number of carbonyl (C=O) groups is 4. The van der Waals surface area contributed by atoms with Gasteiger partial charge in [0.1, 0.15) is 23.1 Å². The van der Waals surface area contributed by atoms with Crippen LogP contribution in [0.25, 0.3) is 0 Å². The van der Waals surface area contributed by atoms with Crippen LogP contribution in [0, 0.1) is 39.4 Å². The third kappa shape index (κ3) is 4.11. The molecule has 0 heterocycles. The molecule has 4 aliphatic carbocycles. The highest BCUT2D eigenvalue weighted by atomic mass is 16.6. The minimum atomic E-state index is -1.99. The van der Waals surface area contributed by atoms with Crippen molar-refractivity contribution >= 4 is 23.3 Å². The zero-order valence-electron chi connectivity index (χ0n) is 25.3. The monoisotopic (exact) mass is 558 g/mol. The van der Waals surface area contributed by atoms with Gasteiger partial charge in [0.05, 0.1) is 6.10 Å². The van der Waals surface area contributed by atoms with Crippen LogP contribution in [0.4, 0.5) is 0 Å². The summed E-state index contributed by atoms with van der Waals surface area (Å²) in [6, 6.07) is 0. The van der Waals surface area contributed by atoms with Gasteiger partial charge < -0.3 is 20.1 Å². The lowest BCUT2D eigenvalue weighted by Gasteiger charge is -2.64. The van der Waals surface area contributed by atoms with Gasteiger partial charge in [-0.25, -0.2) is 0 Å². The molecule has 3 saturated carbocycles. The van der Waals surface area contributed by atoms with Crippen molar-refractivity contribution in [3.63, 3.8) is 0 Å². The standard InChI is InChI=1S/C32H46O8/c1-17(33)40-27(2,3)13-12-23(36)32(9,39)25-21(35)15-29(6)22-11-10-18-19(14-20(34)26(38)28(18,4)5)31(22,8)24(37)16-30(25,29)7/h10,12-13,19-22,25,34-35,39H,11,14-16H2,1-9H3/b13-12+/t19-,20-,21+,22-,25-,29-,30+,31-,32?/m0/s1. The van der Waals surface area contributed by atoms with Crippen molar-refractivity contribution in [3.05, 3.63) is 23.8 Å². The van der Waals surface area contributed by atoms with Gasteiger partial charge in [0.15, 0.2) is 11.6 Å². The van der Waals surface area contributed by atoms with E-state index < -0.39 is 62.7 Å². The van der Waals surface area contributed by atoms with E-state index in [2.05, 4.69) is 13.0 Å². The number of aliphatic hydroxyl groups excluding tert-OH is 2. The lowest BCUT2D eigenvalue weighted by atomic mass is 9.38. The summed E-state index contributed by atoms with van der Waals surface area (Å²) in [4.78, 5) is 52.1. The number of Topliss-reactive ketones (excluding diaryl/α,β-unsaturated/α-hetero) is 2. The second-order valence-electron chi connectivity index (χ2n) is 14.8. The molecule has 4 rings (SSSR count). The number of hydrogen-bond donors (Lipinski definition) is 3. The number of esters is 1. The summed E-state index contributed by atoms with van der Waals surface area (Å²) in [6.45, 7) is 15.4. The van der Waals surface area contributed by atoms with Gasteiger partial charge in [-0.3, -0.25) is 19.2 Å². The van der Waals surface area contributed by atoms with E-state index in [1.807, 2.05) is 27.7 Å². The van der Waals surface area contributed by atoms with Gasteiger partial charge in [-0.2, -0.15) is 0 Å². The molecule has 0 aliphatic heterocycles. The van der Waals surface area contributed by atoms with Crippen molar-refractivity contribution in [2.24, 2.45) is 39.4 Å². The number of aliphatic hydroxyl groups is 3. The Kier molecular flexibility index (Phi) is 7.06. The van der Waals surface area contributed by atoms with Crippen LogP contribution in [0.5, 0.6) is 0 Å². The van der Waals surface area contributed by atoms with E-state index in [1.165, 1.54) is 26.0 Å². The molecular weight excluding hydrogens is 512 g/mol. The number of ether oxygens (including phenoxy) is 1. The first-order valence-electron chi connectivity index (χ1n) is 14.4. The Morgan fingerprint density at radius 2 is 1.65 bits per heavy atom. The molecular formula is C32H46O8. The summed E-state index contributed by atoms with van der Waals surface area (Å²) in [5, 5.41) is 34.0. The Balaban J connectivity index is 1.75. The highest BCUT2D eigenvalue weighted by molar-refractivity contribution is 5.98. The predicted octanol–water partition coefficient (Wildman–Crippen LogP) is 3.50. The van der Waals surface area contributed by atoms with Gasteiger partial charge in [0.2, 0.25) is 0 Å². The van der Waals surface area contributed by atoms with Crippen LogP contribution in [-0.2, 0) is 23.9 Å². The maximum Gasteiger partial charge on any atom is 0.303 e. The molecule has 8 nitrogen and oxygen atoms in total. The second-order valence-corrected chi connectivity index (χ2v) is 14.8. The third-order valence-electron chi connectivity index (χ3n) is 11.5. The molecule has 0 aromatic rings. The van der Waals surface area contributed by atoms with E-state index in [-0.39, 0.29) is 36.2 Å². The van der Waals surface area contributed by atoms with Gasteiger partial charge in [0.25, 0.3) is 0 Å². The molecule has 0 bridgehead atoms. The largest absolute Gasteiger partial charge is 0.456 e. The quantitative estimate of drug-likeness (QED) is 0.265. The highest BCUT2D eigenvalue weighted by Gasteiger charge is 2.74. The van der Waals surface area contributed by atoms with Gasteiger partial charge in [-0.1, -0.05) is 32.4 Å². The van der Waals surface area contributed by atoms with Gasteiger partial charge in [0, 0.05) is 30.1 Å². The van der Waals surface area contributed by atoms with Crippen LogP contribution < -0.4 is 0 Å². The lowest BCUT2D eigenvalue weighted by molar-refractivity contribution is -0.183. The van der Waals surface area contributed by atoms with Crippen molar-refractivity contribution in [3.8, 4) is 0 Å². The van der Waals surface area contributed by atoms with Crippen LogP contribution >= 0.6 is 0 Å². The molecule has 0 saturated heterocycles. The van der Waals surface area contributed by atoms with Crippen molar-refractivity contribution in [1.29, 1.82) is 0 Å². The average Bonchev–Trinajstić information content (AvgIpc) is 3.01. The molecule has 8 heteroatoms. The molecule has 0 amide bonds. The van der Waals surface area contributed by atoms with Crippen LogP contribution in [0.1, 0.15) is 88.0 Å². The van der Waals surface area contributed by atoms with Gasteiger partial charge in [-0.05, 0) is 88.7 Å². The number of fused-ring (bicyclic) bond motifs is 5. The van der Waals surface area contributed by atoms with Crippen LogP contribution in [0.3, 0.4) is 0 Å². The summed E-state index contributed by atoms with van der Waals surface area (Å²) in [5.74, 6) is -2.85. The minimum Gasteiger partial charge on any atom is -0.456 e. The van der Waals surface area contributed by atoms with Gasteiger partial charge in [-0.15, -0.1) is 0 Å². The summed E-state index contributed by atoms with van der Waals surface area (Å²) < 4.78 is 5.23. The normalized spacial score (nSPS) is 42.4. The van der Waals surface area contributed by atoms with Crippen LogP contribution in [-0.4, -0.2) is 62.0 Å². The first kappa shape index (κ1) is 30.8. The molecule has 3 N–H and O–H groups in total. The SMILES string of the molecule is CC(=O)OC(C)(C)/C=C/C(=O)C(C)(O)[C@H]1[C@H](O)C[C@@]2(C)[C@@H]3CC=C4[C@H](C[C@H](O)C(=O)C4(C)C)[C@]3(C)C(=O)C[C@]12C. The van der Waals surface area contributed by atoms with Crippen LogP contribution in [0.2, 0.25) is 0 Å². The van der Waals surface area contributed by atoms with E-state index in [0.717, 1.165) is 5.57 Å². The molecule has 3 fully saturated rings. The number of carbonyl (C=O) groups excluding carboxylic acids is 4. The maximum atomic E-state index is 14.3. The molecule has 1 unspecified atom stereocenters. The summed E-state index contributed by atoms with van der Waals surface area (Å²) in [5.41, 5.74) is -5.43. The topological polar surface area (TPSA) is 138 Å². The lowest BCUT2D eigenvalue weighted by Crippen LogP contribution is -2.65. The molecule has 40 heavy (non-hydrogen) atoms. The Bertz CT molecular complexity index is 1210. The molecule has 0 aromatic heterocycles. The zero-order chi connectivity index (χ0) is 30.4. The summed E-state index contributed by atoms with van der Waals surface area (Å²) in [6.07, 6.45) is 3.55. The van der Waals surface area contributed by atoms with Crippen molar-refractivity contribution in [1.82, 2.24) is 0 Å². The Hall–Kier alpha value is -2.16. The molecule has 9 atom stereocenters. The smallest absolute Gasteiger partial charge is 0.303 e. The Morgan fingerprint density at radius 1 is 1.05 bits per heavy atom. The van der Waals surface area contributed by atoms with E-state index in [4.69, 9.17) is 4.74 Å². The van der Waals surface area contributed by atoms with Crippen LogP contribution in [0.15, 0.2) is 23.8 Å². The van der Waals surface area contributed by atoms with E-state index in [0.29, 0.717) is 12.8 Å². The fourth-order valence-electron chi connectivity index (χ4n) is 9.40. The number of hydrogen-bond acceptors (Lipinski definition) is 8. The van der Waals surface area contributed by atoms with E-state index in [1.54, 1.807) is 13.8 Å². The van der Waals surface area contributed by atoms with Gasteiger partial charge >= 0.3 is 5.97 Å². The molecule has 4 aliphatic rings. The highest BCUT2D eigenvalue weighted by Crippen LogP contribution is 2.74. The fourth-order valence-corrected chi connectivity index (χ4v) is 9.40. The third-order valence-corrected chi connectivity index (χ3v) is 11.5. The average molecular weight is 559 g/mol. The van der Waals surface area contributed by atoms with E-state index >= 15 is 0 Å². The predicted molar refractivity (Wildman–Crippen MR) is 148 cm³/mol. The molecule has 0 spiro atoms. The first-order valence-corrected chi connectivity index (χ1v) is 14.4. The fraction of sp³-hybridized carbons (Fsp3) is 0.750. The van der Waals surface area contributed by atoms with Crippen molar-refractivity contribution in [2.75, 3.05) is 0 Å². The number of rotatable bonds is 5. The second kappa shape index (κ2) is 9.17. The molecule has 222 valence electrons. The number of allylic oxidation sites excluding steroid dienone is 2. The molecule has 0 aromatic carbocycles.